The van der Waals surface area contributed by atoms with Gasteiger partial charge in [0, 0.05) is 12.5 Å². The molecule has 0 amide bonds. The van der Waals surface area contributed by atoms with Crippen molar-refractivity contribution < 1.29 is 0 Å². The second-order valence-corrected chi connectivity index (χ2v) is 7.99. The molecule has 1 nitrogen and oxygen atoms in total. The minimum absolute atomic E-state index is 0.575. The largest absolute Gasteiger partial charge is 0.314 e. The molecule has 4 fully saturated rings. The summed E-state index contributed by atoms with van der Waals surface area (Å²) < 4.78 is 0. The van der Waals surface area contributed by atoms with Crippen molar-refractivity contribution >= 4 is 0 Å². The molecule has 4 rings (SSSR count). The number of terminal acetylenes is 1. The van der Waals surface area contributed by atoms with Gasteiger partial charge in [-0.1, -0.05) is 13.8 Å². The Labute approximate surface area is 118 Å². The zero-order chi connectivity index (χ0) is 13.5. The van der Waals surface area contributed by atoms with Gasteiger partial charge in [-0.2, -0.15) is 0 Å². The maximum absolute atomic E-state index is 5.51. The molecule has 0 aromatic rings. The van der Waals surface area contributed by atoms with Crippen LogP contribution >= 0.6 is 0 Å². The summed E-state index contributed by atoms with van der Waals surface area (Å²) in [6, 6.07) is 0.666. The Morgan fingerprint density at radius 1 is 1.26 bits per heavy atom. The summed E-state index contributed by atoms with van der Waals surface area (Å²) in [6.07, 6.45) is 16.5. The van der Waals surface area contributed by atoms with Crippen molar-refractivity contribution in [1.29, 1.82) is 0 Å². The standard InChI is InChI=1S/C18H29N/c1-4-6-7-16(19-5-2)18-11-14-8-15(12-18)10-17(3,9-14)13-18/h1,14-16,19H,5-13H2,2-3H3. The van der Waals surface area contributed by atoms with Gasteiger partial charge in [-0.3, -0.25) is 0 Å². The Kier molecular flexibility index (Phi) is 3.42. The summed E-state index contributed by atoms with van der Waals surface area (Å²) in [7, 11) is 0. The van der Waals surface area contributed by atoms with Crippen LogP contribution in [0.4, 0.5) is 0 Å². The minimum Gasteiger partial charge on any atom is -0.314 e. The van der Waals surface area contributed by atoms with Crippen LogP contribution in [0.15, 0.2) is 0 Å². The van der Waals surface area contributed by atoms with Gasteiger partial charge in [0.15, 0.2) is 0 Å². The molecule has 19 heavy (non-hydrogen) atoms. The molecule has 4 aliphatic rings. The average Bonchev–Trinajstić information content (AvgIpc) is 2.31. The molecule has 3 atom stereocenters. The summed E-state index contributed by atoms with van der Waals surface area (Å²) in [6.45, 7) is 5.89. The smallest absolute Gasteiger partial charge is 0.0133 e. The zero-order valence-electron chi connectivity index (χ0n) is 12.7. The highest BCUT2D eigenvalue weighted by atomic mass is 14.9. The van der Waals surface area contributed by atoms with E-state index >= 15 is 0 Å². The molecule has 0 heterocycles. The summed E-state index contributed by atoms with van der Waals surface area (Å²) in [5.41, 5.74) is 1.22. The van der Waals surface area contributed by atoms with Gasteiger partial charge >= 0.3 is 0 Å². The van der Waals surface area contributed by atoms with E-state index < -0.39 is 0 Å². The van der Waals surface area contributed by atoms with Gasteiger partial charge in [0.05, 0.1) is 0 Å². The molecular formula is C18H29N. The second kappa shape index (κ2) is 4.81. The van der Waals surface area contributed by atoms with E-state index in [0.717, 1.165) is 24.8 Å². The molecular weight excluding hydrogens is 230 g/mol. The monoisotopic (exact) mass is 259 g/mol. The Morgan fingerprint density at radius 2 is 1.95 bits per heavy atom. The van der Waals surface area contributed by atoms with Gasteiger partial charge in [0.1, 0.15) is 0 Å². The lowest BCUT2D eigenvalue weighted by Gasteiger charge is -2.63. The lowest BCUT2D eigenvalue weighted by molar-refractivity contribution is -0.118. The molecule has 1 N–H and O–H groups in total. The van der Waals surface area contributed by atoms with E-state index in [1.165, 1.54) is 44.9 Å². The van der Waals surface area contributed by atoms with Crippen molar-refractivity contribution in [3.8, 4) is 12.3 Å². The zero-order valence-corrected chi connectivity index (χ0v) is 12.7. The van der Waals surface area contributed by atoms with Crippen LogP contribution in [-0.2, 0) is 0 Å². The van der Waals surface area contributed by atoms with Crippen LogP contribution in [0.25, 0.3) is 0 Å². The second-order valence-electron chi connectivity index (χ2n) is 7.99. The number of rotatable bonds is 5. The Balaban J connectivity index is 1.82. The lowest BCUT2D eigenvalue weighted by atomic mass is 9.43. The van der Waals surface area contributed by atoms with Crippen LogP contribution < -0.4 is 5.32 Å². The first-order valence-electron chi connectivity index (χ1n) is 8.26. The van der Waals surface area contributed by atoms with Crippen molar-refractivity contribution in [2.75, 3.05) is 6.54 Å². The van der Waals surface area contributed by atoms with Gasteiger partial charge in [-0.05, 0) is 74.2 Å². The third kappa shape index (κ3) is 2.33. The van der Waals surface area contributed by atoms with Gasteiger partial charge in [0.25, 0.3) is 0 Å². The maximum Gasteiger partial charge on any atom is 0.0133 e. The van der Waals surface area contributed by atoms with Crippen LogP contribution in [0, 0.1) is 35.0 Å². The van der Waals surface area contributed by atoms with E-state index in [1.54, 1.807) is 0 Å². The first-order chi connectivity index (χ1) is 9.09. The van der Waals surface area contributed by atoms with Crippen molar-refractivity contribution in [2.45, 2.75) is 71.3 Å². The molecule has 4 bridgehead atoms. The van der Waals surface area contributed by atoms with Crippen molar-refractivity contribution in [3.05, 3.63) is 0 Å². The van der Waals surface area contributed by atoms with Crippen LogP contribution in [-0.4, -0.2) is 12.6 Å². The van der Waals surface area contributed by atoms with Gasteiger partial charge in [0.2, 0.25) is 0 Å². The third-order valence-corrected chi connectivity index (χ3v) is 6.17. The predicted octanol–water partition coefficient (Wildman–Crippen LogP) is 3.98. The van der Waals surface area contributed by atoms with E-state index in [0.29, 0.717) is 16.9 Å². The molecule has 106 valence electrons. The maximum atomic E-state index is 5.51. The summed E-state index contributed by atoms with van der Waals surface area (Å²) in [5.74, 6) is 4.88. The van der Waals surface area contributed by atoms with Gasteiger partial charge in [-0.25, -0.2) is 0 Å². The number of hydrogen-bond acceptors (Lipinski definition) is 1. The topological polar surface area (TPSA) is 12.0 Å². The van der Waals surface area contributed by atoms with E-state index in [1.807, 2.05) is 0 Å². The number of nitrogens with one attached hydrogen (secondary N) is 1. The van der Waals surface area contributed by atoms with E-state index in [2.05, 4.69) is 25.1 Å². The van der Waals surface area contributed by atoms with Gasteiger partial charge < -0.3 is 5.32 Å². The molecule has 0 aliphatic heterocycles. The summed E-state index contributed by atoms with van der Waals surface area (Å²) in [5, 5.41) is 3.80. The van der Waals surface area contributed by atoms with Crippen LogP contribution in [0.1, 0.15) is 65.2 Å². The fourth-order valence-electron chi connectivity index (χ4n) is 6.30. The Bertz CT molecular complexity index is 364. The quantitative estimate of drug-likeness (QED) is 0.736. The lowest BCUT2D eigenvalue weighted by Crippen LogP contribution is -2.58. The number of hydrogen-bond donors (Lipinski definition) is 1. The molecule has 0 aromatic carbocycles. The summed E-state index contributed by atoms with van der Waals surface area (Å²) in [4.78, 5) is 0. The highest BCUT2D eigenvalue weighted by Gasteiger charge is 2.57. The SMILES string of the molecule is C#CCCC(NCC)C12CC3CC(CC(C)(C3)C1)C2. The van der Waals surface area contributed by atoms with Crippen molar-refractivity contribution in [3.63, 3.8) is 0 Å². The first-order valence-corrected chi connectivity index (χ1v) is 8.26. The molecule has 0 radical (unpaired) electrons. The fourth-order valence-corrected chi connectivity index (χ4v) is 6.30. The third-order valence-electron chi connectivity index (χ3n) is 6.17. The van der Waals surface area contributed by atoms with E-state index in [9.17, 15) is 0 Å². The Morgan fingerprint density at radius 3 is 2.47 bits per heavy atom. The fraction of sp³-hybridized carbons (Fsp3) is 0.889. The molecule has 1 heteroatoms. The van der Waals surface area contributed by atoms with Crippen LogP contribution in [0.2, 0.25) is 0 Å². The van der Waals surface area contributed by atoms with E-state index in [4.69, 9.17) is 6.42 Å². The van der Waals surface area contributed by atoms with Crippen LogP contribution in [0.5, 0.6) is 0 Å². The van der Waals surface area contributed by atoms with Crippen molar-refractivity contribution in [1.82, 2.24) is 5.32 Å². The minimum atomic E-state index is 0.575. The normalized spacial score (nSPS) is 45.1. The highest BCUT2D eigenvalue weighted by Crippen LogP contribution is 2.66. The molecule has 0 aromatic heterocycles. The molecule has 4 saturated carbocycles. The first kappa shape index (κ1) is 13.5. The molecule has 0 spiro atoms. The molecule has 3 unspecified atom stereocenters. The van der Waals surface area contributed by atoms with Gasteiger partial charge in [-0.15, -0.1) is 12.3 Å². The average molecular weight is 259 g/mol. The molecule has 4 aliphatic carbocycles. The Hall–Kier alpha value is -0.480. The van der Waals surface area contributed by atoms with E-state index in [-0.39, 0.29) is 0 Å². The highest BCUT2D eigenvalue weighted by molar-refractivity contribution is 5.10. The van der Waals surface area contributed by atoms with Crippen molar-refractivity contribution in [2.24, 2.45) is 22.7 Å². The predicted molar refractivity (Wildman–Crippen MR) is 80.8 cm³/mol. The molecule has 0 saturated heterocycles. The van der Waals surface area contributed by atoms with Crippen LogP contribution in [0.3, 0.4) is 0 Å². The summed E-state index contributed by atoms with van der Waals surface area (Å²) >= 11 is 0.